The number of nitrogens with zero attached hydrogens (tertiary/aromatic N) is 3. The second kappa shape index (κ2) is 6.03. The van der Waals surface area contributed by atoms with Crippen molar-refractivity contribution in [2.45, 2.75) is 18.2 Å². The summed E-state index contributed by atoms with van der Waals surface area (Å²) in [6, 6.07) is 0. The van der Waals surface area contributed by atoms with Crippen molar-refractivity contribution in [1.29, 1.82) is 0 Å². The predicted octanol–water partition coefficient (Wildman–Crippen LogP) is -0.454. The van der Waals surface area contributed by atoms with Crippen LogP contribution in [-0.4, -0.2) is 47.2 Å². The monoisotopic (exact) mass is 301 g/mol. The molecule has 10 heteroatoms. The van der Waals surface area contributed by atoms with E-state index < -0.39 is 16.6 Å². The quantitative estimate of drug-likeness (QED) is 0.636. The Morgan fingerprint density at radius 3 is 3.00 bits per heavy atom. The Morgan fingerprint density at radius 2 is 2.30 bits per heavy atom. The number of H-pyrrole nitrogens is 1. The van der Waals surface area contributed by atoms with Crippen molar-refractivity contribution in [3.63, 3.8) is 0 Å². The molecule has 0 unspecified atom stereocenters. The number of methoxy groups -OCH3 is 1. The number of aliphatic hydroxyl groups excluding tert-OH is 1. The molecule has 3 N–H and O–H groups in total. The summed E-state index contributed by atoms with van der Waals surface area (Å²) in [7, 11) is -2.26. The maximum atomic E-state index is 12.1. The first-order chi connectivity index (χ1) is 9.56. The van der Waals surface area contributed by atoms with E-state index in [-0.39, 0.29) is 10.6 Å². The van der Waals surface area contributed by atoms with Crippen molar-refractivity contribution in [3.8, 4) is 0 Å². The van der Waals surface area contributed by atoms with Gasteiger partial charge in [0, 0.05) is 18.9 Å². The maximum absolute atomic E-state index is 12.1. The zero-order valence-corrected chi connectivity index (χ0v) is 11.6. The Bertz CT molecular complexity index is 663. The van der Waals surface area contributed by atoms with Gasteiger partial charge >= 0.3 is 0 Å². The standard InChI is InChI=1S/C10H15N5O4S/c1-19-3-2-15-6-9(5-12-15)14-20(17,18)10-8(7-16)4-11-13-10/h4-6,14,16H,2-3,7H2,1H3,(H,11,13). The van der Waals surface area contributed by atoms with Gasteiger partial charge in [-0.1, -0.05) is 0 Å². The molecule has 2 aromatic heterocycles. The van der Waals surface area contributed by atoms with Gasteiger partial charge in [0.2, 0.25) is 0 Å². The van der Waals surface area contributed by atoms with Gasteiger partial charge in [0.05, 0.1) is 37.8 Å². The van der Waals surface area contributed by atoms with Gasteiger partial charge in [0.25, 0.3) is 10.0 Å². The molecule has 0 aromatic carbocycles. The molecule has 9 nitrogen and oxygen atoms in total. The Hall–Kier alpha value is -1.91. The number of sulfonamides is 1. The van der Waals surface area contributed by atoms with E-state index in [0.717, 1.165) is 0 Å². The normalized spacial score (nSPS) is 11.7. The Morgan fingerprint density at radius 1 is 1.50 bits per heavy atom. The van der Waals surface area contributed by atoms with Crippen LogP contribution in [0.25, 0.3) is 0 Å². The Balaban J connectivity index is 2.14. The number of rotatable bonds is 7. The molecule has 2 heterocycles. The third-order valence-electron chi connectivity index (χ3n) is 2.53. The van der Waals surface area contributed by atoms with Gasteiger partial charge in [-0.2, -0.15) is 18.6 Å². The third kappa shape index (κ3) is 3.15. The minimum atomic E-state index is -3.83. The lowest BCUT2D eigenvalue weighted by Gasteiger charge is -2.05. The average Bonchev–Trinajstić information content (AvgIpc) is 3.04. The van der Waals surface area contributed by atoms with Crippen LogP contribution in [0.4, 0.5) is 5.69 Å². The van der Waals surface area contributed by atoms with Crippen molar-refractivity contribution in [3.05, 3.63) is 24.2 Å². The van der Waals surface area contributed by atoms with Crippen LogP contribution >= 0.6 is 0 Å². The second-order valence-electron chi connectivity index (χ2n) is 3.97. The van der Waals surface area contributed by atoms with E-state index in [0.29, 0.717) is 18.8 Å². The number of hydrogen-bond donors (Lipinski definition) is 3. The fourth-order valence-corrected chi connectivity index (χ4v) is 2.73. The molecule has 2 aromatic rings. The van der Waals surface area contributed by atoms with E-state index in [1.54, 1.807) is 18.0 Å². The predicted molar refractivity (Wildman–Crippen MR) is 69.4 cm³/mol. The first-order valence-corrected chi connectivity index (χ1v) is 7.22. The average molecular weight is 301 g/mol. The number of aliphatic hydroxyl groups is 1. The van der Waals surface area contributed by atoms with E-state index in [1.165, 1.54) is 12.4 Å². The Labute approximate surface area is 115 Å². The number of aromatic amines is 1. The summed E-state index contributed by atoms with van der Waals surface area (Å²) < 4.78 is 33.0. The second-order valence-corrected chi connectivity index (χ2v) is 5.59. The molecule has 0 spiro atoms. The minimum Gasteiger partial charge on any atom is -0.392 e. The zero-order chi connectivity index (χ0) is 14.6. The van der Waals surface area contributed by atoms with Crippen LogP contribution in [0.5, 0.6) is 0 Å². The van der Waals surface area contributed by atoms with E-state index in [1.807, 2.05) is 0 Å². The fraction of sp³-hybridized carbons (Fsp3) is 0.400. The van der Waals surface area contributed by atoms with E-state index in [9.17, 15) is 8.42 Å². The van der Waals surface area contributed by atoms with Crippen LogP contribution in [0, 0.1) is 0 Å². The highest BCUT2D eigenvalue weighted by atomic mass is 32.2. The first-order valence-electron chi connectivity index (χ1n) is 5.74. The van der Waals surface area contributed by atoms with Crippen LogP contribution in [-0.2, 0) is 27.9 Å². The van der Waals surface area contributed by atoms with Crippen molar-refractivity contribution in [2.24, 2.45) is 0 Å². The summed E-state index contributed by atoms with van der Waals surface area (Å²) in [5.41, 5.74) is 0.517. The molecule has 0 radical (unpaired) electrons. The largest absolute Gasteiger partial charge is 0.392 e. The van der Waals surface area contributed by atoms with Crippen molar-refractivity contribution < 1.29 is 18.3 Å². The van der Waals surface area contributed by atoms with Crippen LogP contribution in [0.15, 0.2) is 23.6 Å². The smallest absolute Gasteiger partial charge is 0.279 e. The maximum Gasteiger partial charge on any atom is 0.279 e. The summed E-state index contributed by atoms with van der Waals surface area (Å²) >= 11 is 0. The lowest BCUT2D eigenvalue weighted by atomic mass is 10.4. The van der Waals surface area contributed by atoms with Gasteiger partial charge in [0.15, 0.2) is 5.03 Å². The highest BCUT2D eigenvalue weighted by Crippen LogP contribution is 2.16. The summed E-state index contributed by atoms with van der Waals surface area (Å²) in [6.45, 7) is 0.576. The van der Waals surface area contributed by atoms with Crippen molar-refractivity contribution in [2.75, 3.05) is 18.4 Å². The van der Waals surface area contributed by atoms with Crippen LogP contribution < -0.4 is 4.72 Å². The molecule has 0 aliphatic carbocycles. The number of ether oxygens (including phenoxy) is 1. The molecule has 110 valence electrons. The number of anilines is 1. The molecule has 0 saturated carbocycles. The summed E-state index contributed by atoms with van der Waals surface area (Å²) in [5, 5.41) is 18.8. The molecule has 0 saturated heterocycles. The lowest BCUT2D eigenvalue weighted by molar-refractivity contribution is 0.183. The molecule has 0 atom stereocenters. The van der Waals surface area contributed by atoms with Gasteiger partial charge in [-0.25, -0.2) is 0 Å². The van der Waals surface area contributed by atoms with E-state index in [4.69, 9.17) is 9.84 Å². The van der Waals surface area contributed by atoms with Crippen LogP contribution in [0.1, 0.15) is 5.56 Å². The van der Waals surface area contributed by atoms with Crippen molar-refractivity contribution in [1.82, 2.24) is 20.0 Å². The highest BCUT2D eigenvalue weighted by Gasteiger charge is 2.21. The van der Waals surface area contributed by atoms with Crippen LogP contribution in [0.3, 0.4) is 0 Å². The SMILES string of the molecule is COCCn1cc(NS(=O)(=O)c2[nH]ncc2CO)cn1. The molecule has 2 rings (SSSR count). The Kier molecular flexibility index (Phi) is 4.37. The molecular formula is C10H15N5O4S. The topological polar surface area (TPSA) is 122 Å². The number of nitrogens with one attached hydrogen (secondary N) is 2. The molecule has 0 aliphatic rings. The molecule has 0 bridgehead atoms. The van der Waals surface area contributed by atoms with Gasteiger partial charge in [-0.05, 0) is 0 Å². The lowest BCUT2D eigenvalue weighted by Crippen LogP contribution is -2.15. The van der Waals surface area contributed by atoms with Gasteiger partial charge in [-0.3, -0.25) is 14.5 Å². The number of hydrogen-bond acceptors (Lipinski definition) is 6. The highest BCUT2D eigenvalue weighted by molar-refractivity contribution is 7.92. The minimum absolute atomic E-state index is 0.162. The molecule has 0 amide bonds. The molecule has 0 aliphatic heterocycles. The third-order valence-corrected chi connectivity index (χ3v) is 3.92. The van der Waals surface area contributed by atoms with Gasteiger partial charge < -0.3 is 9.84 Å². The zero-order valence-electron chi connectivity index (χ0n) is 10.8. The number of aromatic nitrogens is 4. The fourth-order valence-electron chi connectivity index (χ4n) is 1.57. The first kappa shape index (κ1) is 14.5. The molecular weight excluding hydrogens is 286 g/mol. The van der Waals surface area contributed by atoms with Crippen LogP contribution in [0.2, 0.25) is 0 Å². The summed E-state index contributed by atoms with van der Waals surface area (Å²) in [6.07, 6.45) is 4.20. The molecule has 0 fully saturated rings. The summed E-state index contributed by atoms with van der Waals surface area (Å²) in [5.74, 6) is 0. The van der Waals surface area contributed by atoms with Gasteiger partial charge in [0.1, 0.15) is 0 Å². The van der Waals surface area contributed by atoms with Gasteiger partial charge in [-0.15, -0.1) is 0 Å². The van der Waals surface area contributed by atoms with E-state index in [2.05, 4.69) is 20.0 Å². The van der Waals surface area contributed by atoms with E-state index >= 15 is 0 Å². The summed E-state index contributed by atoms with van der Waals surface area (Å²) in [4.78, 5) is 0. The van der Waals surface area contributed by atoms with Crippen molar-refractivity contribution >= 4 is 15.7 Å². The molecule has 20 heavy (non-hydrogen) atoms.